The molecule has 1 aromatic rings. The normalized spacial score (nSPS) is 20.9. The predicted octanol–water partition coefficient (Wildman–Crippen LogP) is 0.177. The molecule has 2 N–H and O–H groups in total. The zero-order valence-corrected chi connectivity index (χ0v) is 14.7. The number of rotatable bonds is 5. The van der Waals surface area contributed by atoms with Crippen molar-refractivity contribution in [1.82, 2.24) is 10.2 Å². The van der Waals surface area contributed by atoms with E-state index >= 15 is 0 Å². The number of hydrogen-bond acceptors (Lipinski definition) is 5. The first-order valence-corrected chi connectivity index (χ1v) is 8.20. The van der Waals surface area contributed by atoms with E-state index in [1.165, 1.54) is 18.9 Å². The molecule has 2 amide bonds. The number of hydrogen-bond donors (Lipinski definition) is 2. The standard InChI is InChI=1S/C18H24N2O5/c1-11-5-4-6-13(7-11)8-15(18(24)25-3)19-17(23)16-9-14(22)10-20(16)12(2)21/h4-7,14-16,22H,8-10H2,1-3H3,(H,19,23)/t14-,15+,16+/m1/s1. The Labute approximate surface area is 147 Å². The van der Waals surface area contributed by atoms with Crippen LogP contribution < -0.4 is 5.32 Å². The summed E-state index contributed by atoms with van der Waals surface area (Å²) in [7, 11) is 1.26. The molecule has 7 nitrogen and oxygen atoms in total. The Bertz CT molecular complexity index is 661. The molecule has 0 radical (unpaired) electrons. The first kappa shape index (κ1) is 18.9. The average molecular weight is 348 g/mol. The maximum atomic E-state index is 12.6. The van der Waals surface area contributed by atoms with Crippen molar-refractivity contribution in [2.75, 3.05) is 13.7 Å². The van der Waals surface area contributed by atoms with Crippen molar-refractivity contribution in [3.63, 3.8) is 0 Å². The third kappa shape index (κ3) is 4.79. The van der Waals surface area contributed by atoms with Crippen molar-refractivity contribution in [2.45, 2.75) is 44.9 Å². The number of carbonyl (C=O) groups excluding carboxylic acids is 3. The van der Waals surface area contributed by atoms with Crippen LogP contribution in [-0.2, 0) is 25.5 Å². The number of nitrogens with zero attached hydrogens (tertiary/aromatic N) is 1. The molecule has 1 heterocycles. The maximum absolute atomic E-state index is 12.6. The van der Waals surface area contributed by atoms with Crippen molar-refractivity contribution in [1.29, 1.82) is 0 Å². The van der Waals surface area contributed by atoms with Gasteiger partial charge in [0.2, 0.25) is 11.8 Å². The van der Waals surface area contributed by atoms with E-state index in [2.05, 4.69) is 5.32 Å². The van der Waals surface area contributed by atoms with Crippen LogP contribution in [0.1, 0.15) is 24.5 Å². The fraction of sp³-hybridized carbons (Fsp3) is 0.500. The summed E-state index contributed by atoms with van der Waals surface area (Å²) in [4.78, 5) is 37.6. The molecule has 1 fully saturated rings. The second kappa shape index (κ2) is 8.11. The van der Waals surface area contributed by atoms with Gasteiger partial charge in [0.05, 0.1) is 13.2 Å². The quantitative estimate of drug-likeness (QED) is 0.740. The molecule has 1 saturated heterocycles. The highest BCUT2D eigenvalue weighted by Gasteiger charge is 2.38. The number of amides is 2. The lowest BCUT2D eigenvalue weighted by Crippen LogP contribution is -2.51. The Morgan fingerprint density at radius 1 is 1.40 bits per heavy atom. The third-order valence-corrected chi connectivity index (χ3v) is 4.31. The lowest BCUT2D eigenvalue weighted by molar-refractivity contribution is -0.146. The first-order chi connectivity index (χ1) is 11.8. The number of nitrogens with one attached hydrogen (secondary N) is 1. The third-order valence-electron chi connectivity index (χ3n) is 4.31. The number of benzene rings is 1. The van der Waals surface area contributed by atoms with E-state index < -0.39 is 30.1 Å². The van der Waals surface area contributed by atoms with Gasteiger partial charge in [0.15, 0.2) is 0 Å². The smallest absolute Gasteiger partial charge is 0.328 e. The fourth-order valence-corrected chi connectivity index (χ4v) is 3.09. The second-order valence-corrected chi connectivity index (χ2v) is 6.35. The molecule has 2 rings (SSSR count). The molecule has 0 bridgehead atoms. The molecular formula is C18H24N2O5. The minimum Gasteiger partial charge on any atom is -0.467 e. The number of carbonyl (C=O) groups is 3. The van der Waals surface area contributed by atoms with Crippen LogP contribution in [0.3, 0.4) is 0 Å². The monoisotopic (exact) mass is 348 g/mol. The number of esters is 1. The zero-order valence-electron chi connectivity index (χ0n) is 14.7. The van der Waals surface area contributed by atoms with Crippen LogP contribution in [0.15, 0.2) is 24.3 Å². The van der Waals surface area contributed by atoms with Gasteiger partial charge in [-0.25, -0.2) is 4.79 Å². The molecule has 0 unspecified atom stereocenters. The molecule has 0 aromatic heterocycles. The Kier molecular flexibility index (Phi) is 6.14. The van der Waals surface area contributed by atoms with Crippen LogP contribution in [-0.4, -0.2) is 59.6 Å². The van der Waals surface area contributed by atoms with E-state index in [0.717, 1.165) is 11.1 Å². The second-order valence-electron chi connectivity index (χ2n) is 6.35. The first-order valence-electron chi connectivity index (χ1n) is 8.20. The molecule has 7 heteroatoms. The molecule has 25 heavy (non-hydrogen) atoms. The minimum absolute atomic E-state index is 0.119. The van der Waals surface area contributed by atoms with Crippen LogP contribution in [0, 0.1) is 6.92 Å². The van der Waals surface area contributed by atoms with Crippen molar-refractivity contribution >= 4 is 17.8 Å². The molecule has 0 saturated carbocycles. The number of aryl methyl sites for hydroxylation is 1. The summed E-state index contributed by atoms with van der Waals surface area (Å²) in [6, 6.07) is 5.99. The molecular weight excluding hydrogens is 324 g/mol. The van der Waals surface area contributed by atoms with Gasteiger partial charge in [0.25, 0.3) is 0 Å². The SMILES string of the molecule is COC(=O)[C@H](Cc1cccc(C)c1)NC(=O)[C@@H]1C[C@@H](O)CN1C(C)=O. The Morgan fingerprint density at radius 3 is 2.72 bits per heavy atom. The van der Waals surface area contributed by atoms with E-state index in [1.54, 1.807) is 0 Å². The largest absolute Gasteiger partial charge is 0.467 e. The van der Waals surface area contributed by atoms with Gasteiger partial charge in [-0.1, -0.05) is 29.8 Å². The van der Waals surface area contributed by atoms with Gasteiger partial charge in [0, 0.05) is 26.3 Å². The molecule has 0 aliphatic carbocycles. The summed E-state index contributed by atoms with van der Waals surface area (Å²) in [5.41, 5.74) is 1.94. The highest BCUT2D eigenvalue weighted by atomic mass is 16.5. The summed E-state index contributed by atoms with van der Waals surface area (Å²) in [6.45, 7) is 3.41. The van der Waals surface area contributed by atoms with Crippen molar-refractivity contribution in [2.24, 2.45) is 0 Å². The van der Waals surface area contributed by atoms with E-state index in [4.69, 9.17) is 4.74 Å². The molecule has 3 atom stereocenters. The van der Waals surface area contributed by atoms with Crippen LogP contribution >= 0.6 is 0 Å². The van der Waals surface area contributed by atoms with E-state index in [-0.39, 0.29) is 25.3 Å². The van der Waals surface area contributed by atoms with Gasteiger partial charge >= 0.3 is 5.97 Å². The lowest BCUT2D eigenvalue weighted by atomic mass is 10.0. The van der Waals surface area contributed by atoms with Gasteiger partial charge in [-0.3, -0.25) is 9.59 Å². The van der Waals surface area contributed by atoms with E-state index in [1.807, 2.05) is 31.2 Å². The zero-order chi connectivity index (χ0) is 18.6. The van der Waals surface area contributed by atoms with Gasteiger partial charge in [0.1, 0.15) is 12.1 Å². The van der Waals surface area contributed by atoms with E-state index in [9.17, 15) is 19.5 Å². The molecule has 0 spiro atoms. The van der Waals surface area contributed by atoms with Crippen LogP contribution in [0.5, 0.6) is 0 Å². The van der Waals surface area contributed by atoms with Gasteiger partial charge in [-0.05, 0) is 12.5 Å². The number of likely N-dealkylation sites (tertiary alicyclic amines) is 1. The number of aliphatic hydroxyl groups excluding tert-OH is 1. The van der Waals surface area contributed by atoms with Crippen molar-refractivity contribution < 1.29 is 24.2 Å². The minimum atomic E-state index is -0.856. The Balaban J connectivity index is 2.12. The van der Waals surface area contributed by atoms with Gasteiger partial charge in [-0.15, -0.1) is 0 Å². The van der Waals surface area contributed by atoms with Crippen molar-refractivity contribution in [3.05, 3.63) is 35.4 Å². The summed E-state index contributed by atoms with van der Waals surface area (Å²) in [5.74, 6) is -1.30. The van der Waals surface area contributed by atoms with Gasteiger partial charge in [-0.2, -0.15) is 0 Å². The number of β-amino-alcohol motifs (C(OH)–C–C–N with tert-alkyl or cyclic N) is 1. The number of ether oxygens (including phenoxy) is 1. The fourth-order valence-electron chi connectivity index (χ4n) is 3.09. The summed E-state index contributed by atoms with van der Waals surface area (Å²) in [6.07, 6.45) is -0.299. The highest BCUT2D eigenvalue weighted by Crippen LogP contribution is 2.19. The van der Waals surface area contributed by atoms with Gasteiger partial charge < -0.3 is 20.1 Å². The summed E-state index contributed by atoms with van der Waals surface area (Å²) < 4.78 is 4.79. The predicted molar refractivity (Wildman–Crippen MR) is 90.6 cm³/mol. The maximum Gasteiger partial charge on any atom is 0.328 e. The molecule has 1 aliphatic rings. The number of methoxy groups -OCH3 is 1. The molecule has 1 aromatic carbocycles. The Hall–Kier alpha value is -2.41. The van der Waals surface area contributed by atoms with Crippen LogP contribution in [0.4, 0.5) is 0 Å². The Morgan fingerprint density at radius 2 is 2.12 bits per heavy atom. The molecule has 1 aliphatic heterocycles. The summed E-state index contributed by atoms with van der Waals surface area (Å²) in [5, 5.41) is 12.4. The summed E-state index contributed by atoms with van der Waals surface area (Å²) >= 11 is 0. The van der Waals surface area contributed by atoms with Crippen LogP contribution in [0.25, 0.3) is 0 Å². The van der Waals surface area contributed by atoms with E-state index in [0.29, 0.717) is 0 Å². The lowest BCUT2D eigenvalue weighted by Gasteiger charge is -2.24. The average Bonchev–Trinajstić information content (AvgIpc) is 2.96. The molecule has 136 valence electrons. The van der Waals surface area contributed by atoms with Crippen molar-refractivity contribution in [3.8, 4) is 0 Å². The highest BCUT2D eigenvalue weighted by molar-refractivity contribution is 5.91. The number of aliphatic hydroxyl groups is 1. The topological polar surface area (TPSA) is 95.9 Å². The van der Waals surface area contributed by atoms with Crippen LogP contribution in [0.2, 0.25) is 0 Å².